The van der Waals surface area contributed by atoms with Crippen LogP contribution in [0.15, 0.2) is 36.5 Å². The molecular formula is C24H29N3O2Si. The third kappa shape index (κ3) is 3.70. The number of aromatic nitrogens is 1. The highest BCUT2D eigenvalue weighted by Gasteiger charge is 2.35. The molecular weight excluding hydrogens is 390 g/mol. The Morgan fingerprint density at radius 1 is 1.07 bits per heavy atom. The van der Waals surface area contributed by atoms with Crippen molar-refractivity contribution in [1.29, 1.82) is 0 Å². The summed E-state index contributed by atoms with van der Waals surface area (Å²) in [5, 5.41) is 1.06. The monoisotopic (exact) mass is 419 g/mol. The summed E-state index contributed by atoms with van der Waals surface area (Å²) in [5.41, 5.74) is 6.04. The lowest BCUT2D eigenvalue weighted by Crippen LogP contribution is -2.49. The Balaban J connectivity index is 1.34. The summed E-state index contributed by atoms with van der Waals surface area (Å²) in [7, 11) is -2.27. The van der Waals surface area contributed by atoms with E-state index in [1.54, 1.807) is 0 Å². The molecule has 1 saturated carbocycles. The van der Waals surface area contributed by atoms with Gasteiger partial charge in [-0.1, -0.05) is 24.3 Å². The zero-order valence-electron chi connectivity index (χ0n) is 17.8. The van der Waals surface area contributed by atoms with Gasteiger partial charge in [0.25, 0.3) is 0 Å². The van der Waals surface area contributed by atoms with Crippen LogP contribution >= 0.6 is 0 Å². The van der Waals surface area contributed by atoms with E-state index in [4.69, 9.17) is 0 Å². The Kier molecular flexibility index (Phi) is 4.79. The van der Waals surface area contributed by atoms with Gasteiger partial charge in [0.05, 0.1) is 5.69 Å². The Morgan fingerprint density at radius 3 is 2.40 bits per heavy atom. The van der Waals surface area contributed by atoms with E-state index in [1.807, 2.05) is 24.2 Å². The number of carbonyl (C=O) groups excluding carboxylic acids is 1. The highest BCUT2D eigenvalue weighted by atomic mass is 28.4. The number of nitrogens with zero attached hydrogens (tertiary/aromatic N) is 3. The van der Waals surface area contributed by atoms with Gasteiger partial charge in [-0.25, -0.2) is 0 Å². The van der Waals surface area contributed by atoms with Crippen molar-refractivity contribution in [3.8, 4) is 0 Å². The lowest BCUT2D eigenvalue weighted by molar-refractivity contribution is -0.132. The lowest BCUT2D eigenvalue weighted by atomic mass is 10.1. The quantitative estimate of drug-likeness (QED) is 0.774. The van der Waals surface area contributed by atoms with Crippen LogP contribution in [0.5, 0.6) is 0 Å². The van der Waals surface area contributed by atoms with Crippen LogP contribution in [0.3, 0.4) is 0 Å². The van der Waals surface area contributed by atoms with Gasteiger partial charge in [0.15, 0.2) is 0 Å². The summed E-state index contributed by atoms with van der Waals surface area (Å²) < 4.78 is 0. The van der Waals surface area contributed by atoms with Crippen molar-refractivity contribution >= 4 is 36.7 Å². The van der Waals surface area contributed by atoms with E-state index in [2.05, 4.69) is 46.3 Å². The van der Waals surface area contributed by atoms with Gasteiger partial charge >= 0.3 is 0 Å². The molecule has 2 aliphatic carbocycles. The molecule has 2 aromatic rings. The van der Waals surface area contributed by atoms with Gasteiger partial charge in [-0.15, -0.1) is 0 Å². The van der Waals surface area contributed by atoms with Crippen LogP contribution in [0.2, 0.25) is 13.1 Å². The molecule has 156 valence electrons. The Labute approximate surface area is 179 Å². The third-order valence-electron chi connectivity index (χ3n) is 6.55. The SMILES string of the molecule is C[Si](C)(O)c1ccc(C2=Cc3c(N4CCN(C(=O)C5CC5)CC4)ccnc3C2)cc1. The van der Waals surface area contributed by atoms with Gasteiger partial charge in [-0.05, 0) is 54.4 Å². The Morgan fingerprint density at radius 2 is 1.77 bits per heavy atom. The van der Waals surface area contributed by atoms with Crippen molar-refractivity contribution in [2.75, 3.05) is 31.1 Å². The van der Waals surface area contributed by atoms with Crippen LogP contribution in [0.25, 0.3) is 11.6 Å². The Hall–Kier alpha value is -2.44. The fraction of sp³-hybridized carbons (Fsp3) is 0.417. The molecule has 1 aromatic carbocycles. The number of fused-ring (bicyclic) bond motifs is 1. The predicted octanol–water partition coefficient (Wildman–Crippen LogP) is 2.64. The van der Waals surface area contributed by atoms with Crippen LogP contribution in [0.1, 0.15) is 29.7 Å². The van der Waals surface area contributed by atoms with E-state index in [9.17, 15) is 9.59 Å². The van der Waals surface area contributed by atoms with Gasteiger partial charge in [0.1, 0.15) is 0 Å². The first-order chi connectivity index (χ1) is 14.4. The number of rotatable bonds is 4. The molecule has 1 aromatic heterocycles. The topological polar surface area (TPSA) is 56.7 Å². The first-order valence-electron chi connectivity index (χ1n) is 11.0. The predicted molar refractivity (Wildman–Crippen MR) is 123 cm³/mol. The maximum atomic E-state index is 12.4. The molecule has 30 heavy (non-hydrogen) atoms. The number of amides is 1. The molecule has 1 aliphatic heterocycles. The normalized spacial score (nSPS) is 19.0. The molecule has 1 amide bonds. The van der Waals surface area contributed by atoms with Crippen LogP contribution in [-0.4, -0.2) is 55.1 Å². The number of pyridine rings is 1. The van der Waals surface area contributed by atoms with Crippen molar-refractivity contribution in [2.24, 2.45) is 5.92 Å². The molecule has 5 rings (SSSR count). The first kappa shape index (κ1) is 19.5. The number of piperazine rings is 1. The molecule has 1 N–H and O–H groups in total. The molecule has 0 spiro atoms. The summed E-state index contributed by atoms with van der Waals surface area (Å²) in [6, 6.07) is 10.5. The summed E-state index contributed by atoms with van der Waals surface area (Å²) in [5.74, 6) is 0.659. The molecule has 0 atom stereocenters. The second kappa shape index (κ2) is 7.36. The Bertz CT molecular complexity index is 998. The summed E-state index contributed by atoms with van der Waals surface area (Å²) in [6.45, 7) is 7.27. The standard InChI is InChI=1S/C24H29N3O2Si/c1-30(2,29)20-7-5-17(6-8-20)19-15-21-22(16-19)25-10-9-23(21)26-11-13-27(14-12-26)24(28)18-3-4-18/h5-10,15,18,29H,3-4,11-14,16H2,1-2H3. The molecule has 0 unspecified atom stereocenters. The molecule has 2 heterocycles. The number of benzene rings is 1. The average Bonchev–Trinajstić information content (AvgIpc) is 3.50. The lowest BCUT2D eigenvalue weighted by Gasteiger charge is -2.37. The molecule has 5 nitrogen and oxygen atoms in total. The number of carbonyl (C=O) groups is 1. The fourth-order valence-electron chi connectivity index (χ4n) is 4.52. The minimum atomic E-state index is -2.27. The van der Waals surface area contributed by atoms with E-state index in [0.717, 1.165) is 56.3 Å². The minimum absolute atomic E-state index is 0.303. The number of hydrogen-bond donors (Lipinski definition) is 1. The number of anilines is 1. The largest absolute Gasteiger partial charge is 0.428 e. The highest BCUT2D eigenvalue weighted by molar-refractivity contribution is 6.83. The van der Waals surface area contributed by atoms with E-state index in [1.165, 1.54) is 22.4 Å². The van der Waals surface area contributed by atoms with Crippen LogP contribution in [-0.2, 0) is 11.2 Å². The molecule has 1 saturated heterocycles. The van der Waals surface area contributed by atoms with E-state index in [0.29, 0.717) is 11.8 Å². The van der Waals surface area contributed by atoms with E-state index in [-0.39, 0.29) is 0 Å². The molecule has 2 fully saturated rings. The van der Waals surface area contributed by atoms with Crippen molar-refractivity contribution in [2.45, 2.75) is 32.4 Å². The van der Waals surface area contributed by atoms with Crippen molar-refractivity contribution in [1.82, 2.24) is 9.88 Å². The molecule has 0 bridgehead atoms. The third-order valence-corrected chi connectivity index (χ3v) is 8.29. The number of hydrogen-bond acceptors (Lipinski definition) is 4. The van der Waals surface area contributed by atoms with Gasteiger partial charge in [0, 0.05) is 56.0 Å². The van der Waals surface area contributed by atoms with Gasteiger partial charge in [-0.2, -0.15) is 0 Å². The smallest absolute Gasteiger partial charge is 0.225 e. The van der Waals surface area contributed by atoms with Gasteiger partial charge in [0.2, 0.25) is 14.2 Å². The van der Waals surface area contributed by atoms with Gasteiger partial charge in [-0.3, -0.25) is 9.78 Å². The van der Waals surface area contributed by atoms with Crippen molar-refractivity contribution < 1.29 is 9.59 Å². The first-order valence-corrected chi connectivity index (χ1v) is 13.9. The minimum Gasteiger partial charge on any atom is -0.428 e. The van der Waals surface area contributed by atoms with E-state index >= 15 is 0 Å². The summed E-state index contributed by atoms with van der Waals surface area (Å²) in [4.78, 5) is 31.8. The van der Waals surface area contributed by atoms with Gasteiger partial charge < -0.3 is 14.6 Å². The zero-order chi connectivity index (χ0) is 20.9. The van der Waals surface area contributed by atoms with Crippen molar-refractivity contribution in [3.05, 3.63) is 53.3 Å². The zero-order valence-corrected chi connectivity index (χ0v) is 18.8. The van der Waals surface area contributed by atoms with Crippen LogP contribution < -0.4 is 10.1 Å². The highest BCUT2D eigenvalue weighted by Crippen LogP contribution is 2.37. The molecule has 6 heteroatoms. The van der Waals surface area contributed by atoms with Crippen LogP contribution in [0, 0.1) is 5.92 Å². The van der Waals surface area contributed by atoms with E-state index < -0.39 is 8.32 Å². The second-order valence-electron chi connectivity index (χ2n) is 9.26. The molecule has 3 aliphatic rings. The average molecular weight is 420 g/mol. The van der Waals surface area contributed by atoms with Crippen molar-refractivity contribution in [3.63, 3.8) is 0 Å². The number of allylic oxidation sites excluding steroid dienone is 1. The maximum Gasteiger partial charge on any atom is 0.225 e. The summed E-state index contributed by atoms with van der Waals surface area (Å²) in [6.07, 6.45) is 7.17. The fourth-order valence-corrected chi connectivity index (χ4v) is 5.50. The van der Waals surface area contributed by atoms with Crippen LogP contribution in [0.4, 0.5) is 5.69 Å². The maximum absolute atomic E-state index is 12.4. The molecule has 0 radical (unpaired) electrons. The summed E-state index contributed by atoms with van der Waals surface area (Å²) >= 11 is 0. The second-order valence-corrected chi connectivity index (χ2v) is 13.0.